The third-order valence-corrected chi connectivity index (χ3v) is 4.67. The van der Waals surface area contributed by atoms with Crippen molar-refractivity contribution in [1.29, 1.82) is 0 Å². The number of hydrogen-bond acceptors (Lipinski definition) is 5. The van der Waals surface area contributed by atoms with Crippen LogP contribution in [-0.4, -0.2) is 25.5 Å². The van der Waals surface area contributed by atoms with Gasteiger partial charge in [-0.05, 0) is 38.3 Å². The highest BCUT2D eigenvalue weighted by Crippen LogP contribution is 2.17. The van der Waals surface area contributed by atoms with Crippen molar-refractivity contribution in [3.8, 4) is 0 Å². The molecule has 7 heteroatoms. The SMILES string of the molecule is CCc1ccc(C(C)NC(=O)Cc2c(C)nc3nc(N)nn3c2C)cc1. The maximum absolute atomic E-state index is 12.6. The Hall–Kier alpha value is -2.96. The highest BCUT2D eigenvalue weighted by Gasteiger charge is 2.17. The van der Waals surface area contributed by atoms with Crippen molar-refractivity contribution in [2.45, 2.75) is 46.6 Å². The van der Waals surface area contributed by atoms with Gasteiger partial charge in [0.2, 0.25) is 11.9 Å². The fraction of sp³-hybridized carbons (Fsp3) is 0.368. The number of carbonyl (C=O) groups is 1. The molecule has 1 amide bonds. The first kappa shape index (κ1) is 17.8. The minimum absolute atomic E-state index is 0.0579. The fourth-order valence-corrected chi connectivity index (χ4v) is 3.06. The van der Waals surface area contributed by atoms with Gasteiger partial charge in [0.1, 0.15) is 0 Å². The van der Waals surface area contributed by atoms with Crippen LogP contribution in [0.5, 0.6) is 0 Å². The van der Waals surface area contributed by atoms with Crippen LogP contribution in [0, 0.1) is 13.8 Å². The van der Waals surface area contributed by atoms with Gasteiger partial charge in [-0.25, -0.2) is 4.98 Å². The summed E-state index contributed by atoms with van der Waals surface area (Å²) in [5.74, 6) is 0.564. The van der Waals surface area contributed by atoms with Crippen LogP contribution in [0.3, 0.4) is 0 Å². The number of aryl methyl sites for hydroxylation is 3. The van der Waals surface area contributed by atoms with Crippen molar-refractivity contribution in [2.75, 3.05) is 5.73 Å². The molecule has 1 atom stereocenters. The maximum Gasteiger partial charge on any atom is 0.254 e. The van der Waals surface area contributed by atoms with Crippen molar-refractivity contribution in [2.24, 2.45) is 0 Å². The number of nitrogens with two attached hydrogens (primary N) is 1. The monoisotopic (exact) mass is 352 g/mol. The smallest absolute Gasteiger partial charge is 0.254 e. The van der Waals surface area contributed by atoms with Crippen molar-refractivity contribution in [3.05, 3.63) is 52.3 Å². The summed E-state index contributed by atoms with van der Waals surface area (Å²) in [6, 6.07) is 8.25. The Kier molecular flexibility index (Phi) is 4.88. The first-order valence-corrected chi connectivity index (χ1v) is 8.75. The standard InChI is InChI=1S/C19H24N6O/c1-5-14-6-8-15(9-7-14)11(2)21-17(26)10-16-12(3)22-19-23-18(20)24-25(19)13(16)4/h6-9,11H,5,10H2,1-4H3,(H2,20,24)(H,21,26). The van der Waals surface area contributed by atoms with E-state index in [0.717, 1.165) is 28.9 Å². The minimum atomic E-state index is -0.0623. The molecule has 2 heterocycles. The van der Waals surface area contributed by atoms with E-state index < -0.39 is 0 Å². The average Bonchev–Trinajstić information content (AvgIpc) is 2.99. The van der Waals surface area contributed by atoms with Crippen LogP contribution in [0.25, 0.3) is 5.78 Å². The number of nitrogen functional groups attached to an aromatic ring is 1. The Morgan fingerprint density at radius 2 is 1.92 bits per heavy atom. The number of nitrogens with zero attached hydrogens (tertiary/aromatic N) is 4. The van der Waals surface area contributed by atoms with E-state index >= 15 is 0 Å². The quantitative estimate of drug-likeness (QED) is 0.734. The summed E-state index contributed by atoms with van der Waals surface area (Å²) in [6.07, 6.45) is 1.24. The molecule has 3 N–H and O–H groups in total. The molecule has 7 nitrogen and oxygen atoms in total. The van der Waals surface area contributed by atoms with Gasteiger partial charge in [-0.15, -0.1) is 5.10 Å². The van der Waals surface area contributed by atoms with E-state index in [4.69, 9.17) is 5.73 Å². The average molecular weight is 352 g/mol. The van der Waals surface area contributed by atoms with E-state index in [-0.39, 0.29) is 24.3 Å². The molecule has 1 aromatic carbocycles. The second kappa shape index (κ2) is 7.11. The van der Waals surface area contributed by atoms with Gasteiger partial charge in [-0.3, -0.25) is 4.79 Å². The Balaban J connectivity index is 1.76. The number of amides is 1. The number of benzene rings is 1. The highest BCUT2D eigenvalue weighted by atomic mass is 16.1. The van der Waals surface area contributed by atoms with Gasteiger partial charge >= 0.3 is 0 Å². The van der Waals surface area contributed by atoms with E-state index in [0.29, 0.717) is 5.78 Å². The predicted octanol–water partition coefficient (Wildman–Crippen LogP) is 2.31. The van der Waals surface area contributed by atoms with Crippen LogP contribution in [0.4, 0.5) is 5.95 Å². The number of hydrogen-bond donors (Lipinski definition) is 2. The lowest BCUT2D eigenvalue weighted by atomic mass is 10.0. The van der Waals surface area contributed by atoms with Gasteiger partial charge in [0.15, 0.2) is 0 Å². The van der Waals surface area contributed by atoms with Gasteiger partial charge in [0, 0.05) is 17.0 Å². The van der Waals surface area contributed by atoms with Gasteiger partial charge in [-0.1, -0.05) is 31.2 Å². The van der Waals surface area contributed by atoms with Crippen LogP contribution < -0.4 is 11.1 Å². The number of aromatic nitrogens is 4. The van der Waals surface area contributed by atoms with E-state index in [1.165, 1.54) is 5.56 Å². The second-order valence-corrected chi connectivity index (χ2v) is 6.50. The summed E-state index contributed by atoms with van der Waals surface area (Å²) >= 11 is 0. The molecule has 136 valence electrons. The Labute approximate surface area is 152 Å². The summed E-state index contributed by atoms with van der Waals surface area (Å²) in [5, 5.41) is 7.19. The van der Waals surface area contributed by atoms with E-state index in [1.807, 2.05) is 20.8 Å². The lowest BCUT2D eigenvalue weighted by molar-refractivity contribution is -0.121. The molecule has 0 saturated carbocycles. The lowest BCUT2D eigenvalue weighted by Gasteiger charge is -2.16. The molecule has 0 saturated heterocycles. The molecule has 2 aromatic heterocycles. The van der Waals surface area contributed by atoms with Crippen LogP contribution in [0.15, 0.2) is 24.3 Å². The number of rotatable bonds is 5. The number of nitrogens with one attached hydrogen (secondary N) is 1. The number of anilines is 1. The zero-order valence-electron chi connectivity index (χ0n) is 15.6. The second-order valence-electron chi connectivity index (χ2n) is 6.50. The molecule has 0 aliphatic rings. The van der Waals surface area contributed by atoms with Crippen LogP contribution in [0.2, 0.25) is 0 Å². The molecule has 0 fully saturated rings. The zero-order valence-corrected chi connectivity index (χ0v) is 15.6. The van der Waals surface area contributed by atoms with Crippen molar-refractivity contribution in [1.82, 2.24) is 24.9 Å². The Morgan fingerprint density at radius 1 is 1.23 bits per heavy atom. The number of fused-ring (bicyclic) bond motifs is 1. The van der Waals surface area contributed by atoms with E-state index in [9.17, 15) is 4.79 Å². The molecule has 1 unspecified atom stereocenters. The largest absolute Gasteiger partial charge is 0.366 e. The molecule has 0 spiro atoms. The van der Waals surface area contributed by atoms with Crippen molar-refractivity contribution >= 4 is 17.6 Å². The van der Waals surface area contributed by atoms with Crippen molar-refractivity contribution in [3.63, 3.8) is 0 Å². The minimum Gasteiger partial charge on any atom is -0.366 e. The van der Waals surface area contributed by atoms with Crippen LogP contribution in [-0.2, 0) is 17.6 Å². The highest BCUT2D eigenvalue weighted by molar-refractivity contribution is 5.79. The van der Waals surface area contributed by atoms with E-state index in [2.05, 4.69) is 51.6 Å². The molecule has 0 aliphatic carbocycles. The predicted molar refractivity (Wildman–Crippen MR) is 101 cm³/mol. The van der Waals surface area contributed by atoms with Crippen LogP contribution in [0.1, 0.15) is 48.0 Å². The van der Waals surface area contributed by atoms with Gasteiger partial charge in [0.05, 0.1) is 12.5 Å². The van der Waals surface area contributed by atoms with E-state index in [1.54, 1.807) is 4.52 Å². The third-order valence-electron chi connectivity index (χ3n) is 4.67. The maximum atomic E-state index is 12.6. The van der Waals surface area contributed by atoms with Gasteiger partial charge in [0.25, 0.3) is 5.78 Å². The topological polar surface area (TPSA) is 98.2 Å². The molecule has 3 rings (SSSR count). The summed E-state index contributed by atoms with van der Waals surface area (Å²) in [4.78, 5) is 21.0. The van der Waals surface area contributed by atoms with Crippen molar-refractivity contribution < 1.29 is 4.79 Å². The first-order valence-electron chi connectivity index (χ1n) is 8.75. The summed E-state index contributed by atoms with van der Waals surface area (Å²) in [6.45, 7) is 7.87. The Bertz CT molecular complexity index is 945. The normalized spacial score (nSPS) is 12.3. The lowest BCUT2D eigenvalue weighted by Crippen LogP contribution is -2.29. The van der Waals surface area contributed by atoms with Crippen LogP contribution >= 0.6 is 0 Å². The molecule has 0 aliphatic heterocycles. The molecule has 26 heavy (non-hydrogen) atoms. The summed E-state index contributed by atoms with van der Waals surface area (Å²) < 4.78 is 1.58. The molecule has 3 aromatic rings. The van der Waals surface area contributed by atoms with Gasteiger partial charge in [-0.2, -0.15) is 9.50 Å². The summed E-state index contributed by atoms with van der Waals surface area (Å²) in [7, 11) is 0. The third kappa shape index (κ3) is 3.51. The molecule has 0 bridgehead atoms. The molecule has 0 radical (unpaired) electrons. The number of carbonyl (C=O) groups excluding carboxylic acids is 1. The first-order chi connectivity index (χ1) is 12.4. The Morgan fingerprint density at radius 3 is 2.58 bits per heavy atom. The fourth-order valence-electron chi connectivity index (χ4n) is 3.06. The molecular formula is C19H24N6O. The van der Waals surface area contributed by atoms with Gasteiger partial charge < -0.3 is 11.1 Å². The molecular weight excluding hydrogens is 328 g/mol. The zero-order chi connectivity index (χ0) is 18.8. The summed E-state index contributed by atoms with van der Waals surface area (Å²) in [5.41, 5.74) is 10.4.